The number of carbonyl (C=O) groups is 2. The summed E-state index contributed by atoms with van der Waals surface area (Å²) < 4.78 is 21.1. The average Bonchev–Trinajstić information content (AvgIpc) is 2.94. The largest absolute Gasteiger partial charge is 0.455 e. The van der Waals surface area contributed by atoms with Crippen molar-refractivity contribution in [3.05, 3.63) is 35.9 Å². The zero-order valence-corrected chi connectivity index (χ0v) is 14.3. The van der Waals surface area contributed by atoms with Crippen molar-refractivity contribution >= 4 is 12.1 Å². The molecule has 1 amide bonds. The van der Waals surface area contributed by atoms with Gasteiger partial charge in [-0.15, -0.1) is 0 Å². The van der Waals surface area contributed by atoms with E-state index in [0.29, 0.717) is 6.61 Å². The van der Waals surface area contributed by atoms with Crippen LogP contribution in [0.1, 0.15) is 24.8 Å². The summed E-state index contributed by atoms with van der Waals surface area (Å²) in [6.45, 7) is 0.708. The molecule has 4 atom stereocenters. The van der Waals surface area contributed by atoms with Crippen LogP contribution in [-0.2, 0) is 30.3 Å². The molecule has 8 nitrogen and oxygen atoms in total. The molecule has 8 heteroatoms. The first-order valence-electron chi connectivity index (χ1n) is 8.72. The summed E-state index contributed by atoms with van der Waals surface area (Å²) in [7, 11) is 0. The number of cyclic esters (lactones) is 1. The van der Waals surface area contributed by atoms with E-state index in [1.54, 1.807) is 0 Å². The molecule has 0 aromatic heterocycles. The number of hydrogen-bond acceptors (Lipinski definition) is 7. The Kier molecular flexibility index (Phi) is 6.43. The number of amides is 1. The van der Waals surface area contributed by atoms with E-state index in [1.807, 2.05) is 30.3 Å². The summed E-state index contributed by atoms with van der Waals surface area (Å²) in [5.41, 5.74) is 0.816. The van der Waals surface area contributed by atoms with E-state index in [1.165, 1.54) is 0 Å². The minimum atomic E-state index is -1.21. The van der Waals surface area contributed by atoms with Crippen molar-refractivity contribution in [1.82, 2.24) is 5.32 Å². The van der Waals surface area contributed by atoms with E-state index >= 15 is 0 Å². The van der Waals surface area contributed by atoms with Gasteiger partial charge in [0.2, 0.25) is 0 Å². The van der Waals surface area contributed by atoms with Gasteiger partial charge in [0.1, 0.15) is 12.7 Å². The number of nitrogens with one attached hydrogen (secondary N) is 1. The van der Waals surface area contributed by atoms with E-state index in [9.17, 15) is 14.7 Å². The van der Waals surface area contributed by atoms with Gasteiger partial charge >= 0.3 is 12.1 Å². The summed E-state index contributed by atoms with van der Waals surface area (Å²) in [4.78, 5) is 23.8. The standard InChI is InChI=1S/C18H23NO7/c20-16-13(11-24-14-8-4-5-9-23-14)26-17(21)15(16)19-18(22)25-10-12-6-2-1-3-7-12/h1-3,6-7,13-16,20H,4-5,8-11H2,(H,19,22)/t13-,14?,15?,16-/m1/s1. The molecule has 2 N–H and O–H groups in total. The van der Waals surface area contributed by atoms with Crippen molar-refractivity contribution in [3.63, 3.8) is 0 Å². The molecule has 0 bridgehead atoms. The van der Waals surface area contributed by atoms with Crippen LogP contribution in [0.4, 0.5) is 4.79 Å². The van der Waals surface area contributed by atoms with Gasteiger partial charge in [-0.05, 0) is 24.8 Å². The number of ether oxygens (including phenoxy) is 4. The zero-order valence-electron chi connectivity index (χ0n) is 14.3. The lowest BCUT2D eigenvalue weighted by Gasteiger charge is -2.24. The second-order valence-corrected chi connectivity index (χ2v) is 6.28. The predicted octanol–water partition coefficient (Wildman–Crippen LogP) is 1.11. The SMILES string of the molecule is O=C(NC1C(=O)O[C@H](COC2CCCCO2)[C@H]1O)OCc1ccccc1. The van der Waals surface area contributed by atoms with E-state index in [2.05, 4.69) is 5.32 Å². The minimum Gasteiger partial charge on any atom is -0.455 e. The zero-order chi connectivity index (χ0) is 18.4. The third-order valence-corrected chi connectivity index (χ3v) is 4.31. The van der Waals surface area contributed by atoms with E-state index in [0.717, 1.165) is 24.8 Å². The second kappa shape index (κ2) is 8.98. The molecule has 2 aliphatic rings. The lowest BCUT2D eigenvalue weighted by Crippen LogP contribution is -2.47. The lowest BCUT2D eigenvalue weighted by atomic mass is 10.1. The highest BCUT2D eigenvalue weighted by Gasteiger charge is 2.45. The van der Waals surface area contributed by atoms with Crippen LogP contribution >= 0.6 is 0 Å². The van der Waals surface area contributed by atoms with Crippen molar-refractivity contribution < 1.29 is 33.6 Å². The van der Waals surface area contributed by atoms with Gasteiger partial charge in [0.15, 0.2) is 18.4 Å². The topological polar surface area (TPSA) is 103 Å². The molecule has 0 radical (unpaired) electrons. The molecule has 2 heterocycles. The maximum Gasteiger partial charge on any atom is 0.408 e. The first-order valence-corrected chi connectivity index (χ1v) is 8.72. The number of hydrogen-bond donors (Lipinski definition) is 2. The first-order chi connectivity index (χ1) is 12.6. The van der Waals surface area contributed by atoms with Crippen LogP contribution in [0.25, 0.3) is 0 Å². The van der Waals surface area contributed by atoms with E-state index < -0.39 is 30.3 Å². The Morgan fingerprint density at radius 1 is 1.27 bits per heavy atom. The first kappa shape index (κ1) is 18.6. The maximum absolute atomic E-state index is 11.9. The molecule has 0 saturated carbocycles. The van der Waals surface area contributed by atoms with Gasteiger partial charge in [-0.1, -0.05) is 30.3 Å². The van der Waals surface area contributed by atoms with Crippen LogP contribution in [0.5, 0.6) is 0 Å². The molecule has 0 spiro atoms. The molecule has 2 aliphatic heterocycles. The van der Waals surface area contributed by atoms with Gasteiger partial charge in [0.05, 0.1) is 6.61 Å². The van der Waals surface area contributed by atoms with Crippen LogP contribution in [0.2, 0.25) is 0 Å². The molecule has 26 heavy (non-hydrogen) atoms. The van der Waals surface area contributed by atoms with Crippen LogP contribution < -0.4 is 5.32 Å². The van der Waals surface area contributed by atoms with E-state index in [-0.39, 0.29) is 19.5 Å². The Bertz CT molecular complexity index is 603. The highest BCUT2D eigenvalue weighted by Crippen LogP contribution is 2.20. The van der Waals surface area contributed by atoms with Crippen LogP contribution in [0, 0.1) is 0 Å². The molecule has 2 fully saturated rings. The van der Waals surface area contributed by atoms with Crippen LogP contribution in [0.3, 0.4) is 0 Å². The molecule has 2 unspecified atom stereocenters. The van der Waals surface area contributed by atoms with Crippen molar-refractivity contribution in [2.45, 2.75) is 50.4 Å². The molecule has 1 aromatic carbocycles. The van der Waals surface area contributed by atoms with Crippen molar-refractivity contribution in [2.75, 3.05) is 13.2 Å². The number of esters is 1. The average molecular weight is 365 g/mol. The molecule has 1 aromatic rings. The van der Waals surface area contributed by atoms with Gasteiger partial charge in [-0.2, -0.15) is 0 Å². The van der Waals surface area contributed by atoms with Gasteiger partial charge in [0.25, 0.3) is 0 Å². The normalized spacial score (nSPS) is 28.4. The number of aliphatic hydroxyl groups excluding tert-OH is 1. The third-order valence-electron chi connectivity index (χ3n) is 4.31. The van der Waals surface area contributed by atoms with E-state index in [4.69, 9.17) is 18.9 Å². The monoisotopic (exact) mass is 365 g/mol. The maximum atomic E-state index is 11.9. The quantitative estimate of drug-likeness (QED) is 0.728. The van der Waals surface area contributed by atoms with Gasteiger partial charge in [-0.3, -0.25) is 0 Å². The highest BCUT2D eigenvalue weighted by atomic mass is 16.7. The summed E-state index contributed by atoms with van der Waals surface area (Å²) in [5, 5.41) is 12.6. The molecular formula is C18H23NO7. The third kappa shape index (κ3) is 4.94. The number of benzene rings is 1. The summed E-state index contributed by atoms with van der Waals surface area (Å²) in [5.74, 6) is -0.715. The lowest BCUT2D eigenvalue weighted by molar-refractivity contribution is -0.183. The Labute approximate surface area is 151 Å². The number of alkyl carbamates (subject to hydrolysis) is 1. The summed E-state index contributed by atoms with van der Waals surface area (Å²) in [6.07, 6.45) is -0.440. The number of rotatable bonds is 6. The van der Waals surface area contributed by atoms with Crippen LogP contribution in [0.15, 0.2) is 30.3 Å². The number of carbonyl (C=O) groups excluding carboxylic acids is 2. The van der Waals surface area contributed by atoms with Crippen molar-refractivity contribution in [1.29, 1.82) is 0 Å². The fraction of sp³-hybridized carbons (Fsp3) is 0.556. The smallest absolute Gasteiger partial charge is 0.408 e. The molecular weight excluding hydrogens is 342 g/mol. The summed E-state index contributed by atoms with van der Waals surface area (Å²) >= 11 is 0. The predicted molar refractivity (Wildman–Crippen MR) is 89.0 cm³/mol. The van der Waals surface area contributed by atoms with Crippen molar-refractivity contribution in [2.24, 2.45) is 0 Å². The Balaban J connectivity index is 1.44. The molecule has 2 saturated heterocycles. The fourth-order valence-electron chi connectivity index (χ4n) is 2.86. The highest BCUT2D eigenvalue weighted by molar-refractivity contribution is 5.84. The minimum absolute atomic E-state index is 0.00875. The molecule has 0 aliphatic carbocycles. The van der Waals surface area contributed by atoms with Gasteiger partial charge in [0, 0.05) is 6.61 Å². The summed E-state index contributed by atoms with van der Waals surface area (Å²) in [6, 6.07) is 7.96. The second-order valence-electron chi connectivity index (χ2n) is 6.28. The van der Waals surface area contributed by atoms with Crippen LogP contribution in [-0.4, -0.2) is 54.9 Å². The van der Waals surface area contributed by atoms with Gasteiger partial charge in [-0.25, -0.2) is 9.59 Å². The molecule has 3 rings (SSSR count). The fourth-order valence-corrected chi connectivity index (χ4v) is 2.86. The Morgan fingerprint density at radius 2 is 2.08 bits per heavy atom. The molecule has 142 valence electrons. The van der Waals surface area contributed by atoms with Gasteiger partial charge < -0.3 is 29.4 Å². The number of aliphatic hydroxyl groups is 1. The Morgan fingerprint density at radius 3 is 2.81 bits per heavy atom. The van der Waals surface area contributed by atoms with Crippen molar-refractivity contribution in [3.8, 4) is 0 Å². The Hall–Kier alpha value is -2.16.